The predicted octanol–water partition coefficient (Wildman–Crippen LogP) is 1.96. The molecule has 1 heterocycles. The maximum absolute atomic E-state index is 12.1. The summed E-state index contributed by atoms with van der Waals surface area (Å²) in [5.41, 5.74) is -0.534. The average molecular weight is 297 g/mol. The summed E-state index contributed by atoms with van der Waals surface area (Å²) < 4.78 is 11.2. The van der Waals surface area contributed by atoms with Gasteiger partial charge in [-0.25, -0.2) is 4.79 Å². The molecule has 1 saturated carbocycles. The number of ketones is 1. The van der Waals surface area contributed by atoms with Crippen LogP contribution in [-0.2, 0) is 9.53 Å². The molecule has 0 unspecified atom stereocenters. The van der Waals surface area contributed by atoms with Gasteiger partial charge in [0, 0.05) is 10.9 Å². The number of carbonyl (C=O) groups is 2. The van der Waals surface area contributed by atoms with E-state index in [0.717, 1.165) is 4.47 Å². The molecule has 4 nitrogen and oxygen atoms in total. The number of benzene rings is 1. The van der Waals surface area contributed by atoms with E-state index in [-0.39, 0.29) is 5.78 Å². The van der Waals surface area contributed by atoms with Gasteiger partial charge >= 0.3 is 5.97 Å². The SMILES string of the molecule is COC(=O)[C@]12C[C@H]1C(=O)c1cc(Br)ccc1O2. The van der Waals surface area contributed by atoms with Gasteiger partial charge in [-0.05, 0) is 18.2 Å². The molecule has 0 spiro atoms. The van der Waals surface area contributed by atoms with Crippen LogP contribution in [0.15, 0.2) is 22.7 Å². The second-order valence-corrected chi connectivity index (χ2v) is 5.16. The van der Waals surface area contributed by atoms with E-state index < -0.39 is 17.5 Å². The van der Waals surface area contributed by atoms with E-state index in [9.17, 15) is 9.59 Å². The van der Waals surface area contributed by atoms with Crippen LogP contribution in [0.25, 0.3) is 0 Å². The van der Waals surface area contributed by atoms with Crippen LogP contribution < -0.4 is 4.74 Å². The van der Waals surface area contributed by atoms with Crippen LogP contribution in [0.3, 0.4) is 0 Å². The molecule has 0 amide bonds. The second kappa shape index (κ2) is 3.32. The summed E-state index contributed by atoms with van der Waals surface area (Å²) in [5.74, 6) is -0.448. The third-order valence-corrected chi connectivity index (χ3v) is 3.75. The average Bonchev–Trinajstić information content (AvgIpc) is 3.06. The van der Waals surface area contributed by atoms with E-state index in [4.69, 9.17) is 9.47 Å². The number of ether oxygens (including phenoxy) is 2. The number of esters is 1. The molecule has 3 rings (SSSR count). The third-order valence-electron chi connectivity index (χ3n) is 3.26. The smallest absolute Gasteiger partial charge is 0.351 e. The number of hydrogen-bond acceptors (Lipinski definition) is 4. The highest BCUT2D eigenvalue weighted by Crippen LogP contribution is 2.54. The number of carbonyl (C=O) groups excluding carboxylic acids is 2. The van der Waals surface area contributed by atoms with E-state index in [1.165, 1.54) is 7.11 Å². The van der Waals surface area contributed by atoms with E-state index in [0.29, 0.717) is 17.7 Å². The third kappa shape index (κ3) is 1.35. The number of Topliss-reactive ketones (excluding diaryl/α,β-unsaturated/α-hetero) is 1. The van der Waals surface area contributed by atoms with Crippen LogP contribution in [0.2, 0.25) is 0 Å². The van der Waals surface area contributed by atoms with Crippen LogP contribution in [0.1, 0.15) is 16.8 Å². The molecule has 0 saturated heterocycles. The van der Waals surface area contributed by atoms with Crippen LogP contribution in [-0.4, -0.2) is 24.5 Å². The zero-order valence-corrected chi connectivity index (χ0v) is 10.6. The van der Waals surface area contributed by atoms with Crippen molar-refractivity contribution in [2.24, 2.45) is 5.92 Å². The van der Waals surface area contributed by atoms with Gasteiger partial charge in [-0.3, -0.25) is 4.79 Å². The normalized spacial score (nSPS) is 28.8. The Labute approximate surface area is 106 Å². The Morgan fingerprint density at radius 3 is 3.06 bits per heavy atom. The fourth-order valence-corrected chi connectivity index (χ4v) is 2.63. The second-order valence-electron chi connectivity index (χ2n) is 4.24. The highest BCUT2D eigenvalue weighted by Gasteiger charge is 2.70. The molecule has 5 heteroatoms. The van der Waals surface area contributed by atoms with E-state index in [1.54, 1.807) is 18.2 Å². The lowest BCUT2D eigenvalue weighted by atomic mass is 10.0. The summed E-state index contributed by atoms with van der Waals surface area (Å²) in [6.07, 6.45) is 0.408. The lowest BCUT2D eigenvalue weighted by Crippen LogP contribution is -2.38. The summed E-state index contributed by atoms with van der Waals surface area (Å²) >= 11 is 3.31. The Balaban J connectivity index is 2.06. The topological polar surface area (TPSA) is 52.6 Å². The monoisotopic (exact) mass is 296 g/mol. The van der Waals surface area contributed by atoms with Gasteiger partial charge in [-0.15, -0.1) is 0 Å². The Hall–Kier alpha value is -1.36. The largest absolute Gasteiger partial charge is 0.474 e. The molecule has 0 N–H and O–H groups in total. The van der Waals surface area contributed by atoms with Crippen molar-refractivity contribution in [3.05, 3.63) is 28.2 Å². The van der Waals surface area contributed by atoms with Crippen molar-refractivity contribution in [2.75, 3.05) is 7.11 Å². The van der Waals surface area contributed by atoms with E-state index in [1.807, 2.05) is 0 Å². The van der Waals surface area contributed by atoms with Gasteiger partial charge in [0.15, 0.2) is 5.78 Å². The Morgan fingerprint density at radius 2 is 2.35 bits per heavy atom. The summed E-state index contributed by atoms with van der Waals surface area (Å²) in [6, 6.07) is 5.19. The van der Waals surface area contributed by atoms with Crippen molar-refractivity contribution in [3.63, 3.8) is 0 Å². The molecule has 0 radical (unpaired) electrons. The van der Waals surface area contributed by atoms with Crippen molar-refractivity contribution >= 4 is 27.7 Å². The molecule has 1 aliphatic heterocycles. The first-order valence-corrected chi connectivity index (χ1v) is 5.99. The van der Waals surface area contributed by atoms with Gasteiger partial charge < -0.3 is 9.47 Å². The fourth-order valence-electron chi connectivity index (χ4n) is 2.27. The molecule has 2 aliphatic rings. The zero-order valence-electron chi connectivity index (χ0n) is 9.03. The van der Waals surface area contributed by atoms with Crippen molar-refractivity contribution in [3.8, 4) is 5.75 Å². The van der Waals surface area contributed by atoms with E-state index >= 15 is 0 Å². The Bertz CT molecular complexity index is 539. The molecule has 0 aromatic heterocycles. The standard InChI is InChI=1S/C12H9BrO4/c1-16-11(15)12-5-8(12)10(14)7-4-6(13)2-3-9(7)17-12/h2-4,8H,5H2,1H3/t8-,12-/m0/s1. The van der Waals surface area contributed by atoms with Crippen molar-refractivity contribution in [1.29, 1.82) is 0 Å². The number of rotatable bonds is 1. The van der Waals surface area contributed by atoms with Gasteiger partial charge in [-0.1, -0.05) is 15.9 Å². The Morgan fingerprint density at radius 1 is 1.59 bits per heavy atom. The highest BCUT2D eigenvalue weighted by atomic mass is 79.9. The highest BCUT2D eigenvalue weighted by molar-refractivity contribution is 9.10. The molecule has 1 aromatic carbocycles. The lowest BCUT2D eigenvalue weighted by Gasteiger charge is -2.23. The molecule has 1 fully saturated rings. The summed E-state index contributed by atoms with van der Waals surface area (Å²) in [7, 11) is 1.30. The van der Waals surface area contributed by atoms with E-state index in [2.05, 4.69) is 15.9 Å². The maximum atomic E-state index is 12.1. The van der Waals surface area contributed by atoms with Crippen molar-refractivity contribution < 1.29 is 19.1 Å². The first kappa shape index (κ1) is 10.8. The number of hydrogen-bond donors (Lipinski definition) is 0. The summed E-state index contributed by atoms with van der Waals surface area (Å²) in [6.45, 7) is 0. The molecular formula is C12H9BrO4. The van der Waals surface area contributed by atoms with Gasteiger partial charge in [-0.2, -0.15) is 0 Å². The van der Waals surface area contributed by atoms with Crippen LogP contribution >= 0.6 is 15.9 Å². The first-order chi connectivity index (χ1) is 8.08. The molecule has 0 bridgehead atoms. The Kier molecular flexibility index (Phi) is 2.10. The number of fused-ring (bicyclic) bond motifs is 2. The van der Waals surface area contributed by atoms with Crippen LogP contribution in [0.4, 0.5) is 0 Å². The first-order valence-electron chi connectivity index (χ1n) is 5.20. The predicted molar refractivity (Wildman–Crippen MR) is 62.0 cm³/mol. The van der Waals surface area contributed by atoms with Gasteiger partial charge in [0.25, 0.3) is 0 Å². The number of halogens is 1. The quantitative estimate of drug-likeness (QED) is 0.744. The molecule has 1 aliphatic carbocycles. The fraction of sp³-hybridized carbons (Fsp3) is 0.333. The van der Waals surface area contributed by atoms with Crippen LogP contribution in [0, 0.1) is 5.92 Å². The van der Waals surface area contributed by atoms with Gasteiger partial charge in [0.1, 0.15) is 5.75 Å². The minimum absolute atomic E-state index is 0.0436. The summed E-state index contributed by atoms with van der Waals surface area (Å²) in [4.78, 5) is 23.8. The van der Waals surface area contributed by atoms with Gasteiger partial charge in [0.05, 0.1) is 18.6 Å². The van der Waals surface area contributed by atoms with Crippen molar-refractivity contribution in [2.45, 2.75) is 12.0 Å². The number of methoxy groups -OCH3 is 1. The molecular weight excluding hydrogens is 288 g/mol. The minimum Gasteiger partial charge on any atom is -0.474 e. The molecule has 17 heavy (non-hydrogen) atoms. The zero-order chi connectivity index (χ0) is 12.2. The molecule has 2 atom stereocenters. The minimum atomic E-state index is -1.06. The molecule has 88 valence electrons. The van der Waals surface area contributed by atoms with Gasteiger partial charge in [0.2, 0.25) is 5.60 Å². The van der Waals surface area contributed by atoms with Crippen molar-refractivity contribution in [1.82, 2.24) is 0 Å². The van der Waals surface area contributed by atoms with Crippen LogP contribution in [0.5, 0.6) is 5.75 Å². The maximum Gasteiger partial charge on any atom is 0.351 e. The lowest BCUT2D eigenvalue weighted by molar-refractivity contribution is -0.151. The molecule has 1 aromatic rings. The summed E-state index contributed by atoms with van der Waals surface area (Å²) in [5, 5.41) is 0.